The molecule has 0 spiro atoms. The number of aromatic carboxylic acids is 2. The largest absolute Gasteiger partial charge is 0.477 e. The second-order valence-electron chi connectivity index (χ2n) is 3.74. The number of nitrogens with zero attached hydrogens (tertiary/aromatic N) is 3. The van der Waals surface area contributed by atoms with Crippen molar-refractivity contribution >= 4 is 17.9 Å². The summed E-state index contributed by atoms with van der Waals surface area (Å²) in [5.41, 5.74) is -0.585. The average molecular weight is 237 g/mol. The fraction of sp³-hybridized carbons (Fsp3) is 0.400. The minimum atomic E-state index is -1.25. The van der Waals surface area contributed by atoms with Gasteiger partial charge in [-0.15, -0.1) is 0 Å². The highest BCUT2D eigenvalue weighted by Gasteiger charge is 2.20. The molecule has 7 heteroatoms. The first-order valence-corrected chi connectivity index (χ1v) is 5.18. The summed E-state index contributed by atoms with van der Waals surface area (Å²) < 4.78 is 0. The highest BCUT2D eigenvalue weighted by molar-refractivity contribution is 5.91. The Balaban J connectivity index is 2.43. The number of hydrogen-bond donors (Lipinski definition) is 2. The van der Waals surface area contributed by atoms with E-state index in [9.17, 15) is 9.59 Å². The van der Waals surface area contributed by atoms with Crippen molar-refractivity contribution in [1.82, 2.24) is 9.97 Å². The Morgan fingerprint density at radius 1 is 1.06 bits per heavy atom. The third-order valence-electron chi connectivity index (χ3n) is 2.54. The molecule has 90 valence electrons. The summed E-state index contributed by atoms with van der Waals surface area (Å²) in [6.07, 6.45) is 1.95. The van der Waals surface area contributed by atoms with Crippen molar-refractivity contribution in [3.05, 3.63) is 17.5 Å². The Bertz CT molecular complexity index is 436. The number of aromatic nitrogens is 2. The van der Waals surface area contributed by atoms with Crippen LogP contribution in [0.2, 0.25) is 0 Å². The Kier molecular flexibility index (Phi) is 2.90. The third-order valence-corrected chi connectivity index (χ3v) is 2.54. The molecule has 0 aromatic carbocycles. The normalized spacial score (nSPS) is 14.9. The highest BCUT2D eigenvalue weighted by Crippen LogP contribution is 2.16. The van der Waals surface area contributed by atoms with E-state index in [0.29, 0.717) is 0 Å². The van der Waals surface area contributed by atoms with Crippen LogP contribution in [0.1, 0.15) is 33.8 Å². The topological polar surface area (TPSA) is 104 Å². The Labute approximate surface area is 96.7 Å². The summed E-state index contributed by atoms with van der Waals surface area (Å²) in [6.45, 7) is 1.45. The molecule has 0 unspecified atom stereocenters. The van der Waals surface area contributed by atoms with Crippen LogP contribution in [0.25, 0.3) is 0 Å². The van der Waals surface area contributed by atoms with E-state index in [1.807, 2.05) is 0 Å². The molecule has 2 N–H and O–H groups in total. The van der Waals surface area contributed by atoms with Gasteiger partial charge in [-0.1, -0.05) is 0 Å². The smallest absolute Gasteiger partial charge is 0.354 e. The zero-order valence-corrected chi connectivity index (χ0v) is 8.96. The van der Waals surface area contributed by atoms with Crippen molar-refractivity contribution in [3.8, 4) is 0 Å². The minimum Gasteiger partial charge on any atom is -0.477 e. The highest BCUT2D eigenvalue weighted by atomic mass is 16.4. The first kappa shape index (κ1) is 11.3. The van der Waals surface area contributed by atoms with Crippen LogP contribution in [-0.2, 0) is 0 Å². The van der Waals surface area contributed by atoms with Gasteiger partial charge in [-0.25, -0.2) is 19.6 Å². The molecule has 1 aliphatic rings. The second kappa shape index (κ2) is 4.36. The van der Waals surface area contributed by atoms with E-state index in [4.69, 9.17) is 10.2 Å². The molecule has 0 amide bonds. The lowest BCUT2D eigenvalue weighted by Crippen LogP contribution is -2.23. The predicted molar refractivity (Wildman–Crippen MR) is 57.4 cm³/mol. The summed E-state index contributed by atoms with van der Waals surface area (Å²) in [6, 6.07) is 0.963. The molecular weight excluding hydrogens is 226 g/mol. The van der Waals surface area contributed by atoms with Crippen LogP contribution in [0.3, 0.4) is 0 Å². The maximum absolute atomic E-state index is 10.8. The molecular formula is C10H11N3O4. The van der Waals surface area contributed by atoms with E-state index in [-0.39, 0.29) is 17.3 Å². The first-order valence-electron chi connectivity index (χ1n) is 5.18. The van der Waals surface area contributed by atoms with Gasteiger partial charge in [-0.05, 0) is 12.8 Å². The van der Waals surface area contributed by atoms with E-state index in [2.05, 4.69) is 9.97 Å². The molecule has 2 heterocycles. The fourth-order valence-corrected chi connectivity index (χ4v) is 1.71. The second-order valence-corrected chi connectivity index (χ2v) is 3.74. The molecule has 0 saturated carbocycles. The maximum Gasteiger partial charge on any atom is 0.354 e. The summed E-state index contributed by atoms with van der Waals surface area (Å²) >= 11 is 0. The molecule has 17 heavy (non-hydrogen) atoms. The van der Waals surface area contributed by atoms with Gasteiger partial charge in [0.1, 0.15) is 0 Å². The van der Waals surface area contributed by atoms with Crippen LogP contribution in [0.15, 0.2) is 6.07 Å². The lowest BCUT2D eigenvalue weighted by Gasteiger charge is -2.15. The predicted octanol–water partition coefficient (Wildman–Crippen LogP) is 0.473. The summed E-state index contributed by atoms with van der Waals surface area (Å²) in [7, 11) is 0. The van der Waals surface area contributed by atoms with Gasteiger partial charge in [0.2, 0.25) is 5.95 Å². The van der Waals surface area contributed by atoms with Crippen molar-refractivity contribution in [3.63, 3.8) is 0 Å². The zero-order chi connectivity index (χ0) is 12.4. The summed E-state index contributed by atoms with van der Waals surface area (Å²) in [5, 5.41) is 17.7. The molecule has 0 bridgehead atoms. The van der Waals surface area contributed by atoms with Crippen molar-refractivity contribution in [2.75, 3.05) is 18.0 Å². The van der Waals surface area contributed by atoms with Crippen molar-refractivity contribution < 1.29 is 19.8 Å². The standard InChI is InChI=1S/C10H11N3O4/c14-8(15)6-5-7(9(16)17)12-10(11-6)13-3-1-2-4-13/h5H,1-4H2,(H,14,15)(H,16,17). The van der Waals surface area contributed by atoms with Crippen LogP contribution in [-0.4, -0.2) is 45.2 Å². The monoisotopic (exact) mass is 237 g/mol. The van der Waals surface area contributed by atoms with Gasteiger partial charge in [0.15, 0.2) is 11.4 Å². The van der Waals surface area contributed by atoms with Crippen LogP contribution in [0.4, 0.5) is 5.95 Å². The number of hydrogen-bond acceptors (Lipinski definition) is 5. The number of carbonyl (C=O) groups is 2. The number of rotatable bonds is 3. The fourth-order valence-electron chi connectivity index (χ4n) is 1.71. The van der Waals surface area contributed by atoms with E-state index in [0.717, 1.165) is 32.0 Å². The van der Waals surface area contributed by atoms with Gasteiger partial charge in [0, 0.05) is 19.2 Å². The summed E-state index contributed by atoms with van der Waals surface area (Å²) in [5.74, 6) is -2.33. The van der Waals surface area contributed by atoms with Gasteiger partial charge in [-0.3, -0.25) is 0 Å². The first-order chi connectivity index (χ1) is 8.08. The quantitative estimate of drug-likeness (QED) is 0.787. The molecule has 7 nitrogen and oxygen atoms in total. The molecule has 1 saturated heterocycles. The van der Waals surface area contributed by atoms with E-state index in [1.54, 1.807) is 4.90 Å². The van der Waals surface area contributed by atoms with Crippen molar-refractivity contribution in [1.29, 1.82) is 0 Å². The third kappa shape index (κ3) is 2.32. The molecule has 0 atom stereocenters. The van der Waals surface area contributed by atoms with Crippen LogP contribution < -0.4 is 4.90 Å². The zero-order valence-electron chi connectivity index (χ0n) is 8.96. The van der Waals surface area contributed by atoms with Gasteiger partial charge in [0.05, 0.1) is 0 Å². The van der Waals surface area contributed by atoms with E-state index >= 15 is 0 Å². The Morgan fingerprint density at radius 2 is 1.53 bits per heavy atom. The average Bonchev–Trinajstić information content (AvgIpc) is 2.81. The molecule has 0 aliphatic carbocycles. The van der Waals surface area contributed by atoms with Crippen LogP contribution in [0.5, 0.6) is 0 Å². The van der Waals surface area contributed by atoms with Crippen LogP contribution >= 0.6 is 0 Å². The molecule has 1 fully saturated rings. The molecule has 2 rings (SSSR count). The van der Waals surface area contributed by atoms with Gasteiger partial charge < -0.3 is 15.1 Å². The van der Waals surface area contributed by atoms with E-state index in [1.165, 1.54) is 0 Å². The van der Waals surface area contributed by atoms with E-state index < -0.39 is 11.9 Å². The molecule has 1 aliphatic heterocycles. The Morgan fingerprint density at radius 3 is 1.94 bits per heavy atom. The van der Waals surface area contributed by atoms with Gasteiger partial charge in [0.25, 0.3) is 0 Å². The lowest BCUT2D eigenvalue weighted by molar-refractivity contribution is 0.0689. The molecule has 0 radical (unpaired) electrons. The lowest BCUT2D eigenvalue weighted by atomic mass is 10.3. The number of carboxylic acid groups (broad SMARTS) is 2. The number of carboxylic acids is 2. The molecule has 1 aromatic heterocycles. The van der Waals surface area contributed by atoms with Gasteiger partial charge >= 0.3 is 11.9 Å². The minimum absolute atomic E-state index is 0.180. The maximum atomic E-state index is 10.8. The summed E-state index contributed by atoms with van der Waals surface area (Å²) in [4.78, 5) is 31.2. The van der Waals surface area contributed by atoms with Gasteiger partial charge in [-0.2, -0.15) is 0 Å². The Hall–Kier alpha value is -2.18. The SMILES string of the molecule is O=C(O)c1cc(C(=O)O)nc(N2CCCC2)n1. The van der Waals surface area contributed by atoms with Crippen molar-refractivity contribution in [2.45, 2.75) is 12.8 Å². The number of anilines is 1. The van der Waals surface area contributed by atoms with Crippen molar-refractivity contribution in [2.24, 2.45) is 0 Å². The van der Waals surface area contributed by atoms with Crippen LogP contribution in [0, 0.1) is 0 Å². The molecule has 1 aromatic rings.